The van der Waals surface area contributed by atoms with Crippen LogP contribution in [0.5, 0.6) is 0 Å². The molecule has 0 spiro atoms. The molecule has 2 aliphatic carbocycles. The van der Waals surface area contributed by atoms with Gasteiger partial charge in [0.1, 0.15) is 0 Å². The Kier molecular flexibility index (Phi) is 7.06. The second-order valence-corrected chi connectivity index (χ2v) is 10.8. The van der Waals surface area contributed by atoms with Gasteiger partial charge in [-0.3, -0.25) is 4.79 Å². The third-order valence-electron chi connectivity index (χ3n) is 7.28. The van der Waals surface area contributed by atoms with E-state index >= 15 is 0 Å². The van der Waals surface area contributed by atoms with Crippen molar-refractivity contribution in [3.8, 4) is 0 Å². The molecule has 2 saturated carbocycles. The van der Waals surface area contributed by atoms with Crippen molar-refractivity contribution < 1.29 is 4.79 Å². The number of rotatable bonds is 4. The molecule has 0 aromatic heterocycles. The zero-order valence-electron chi connectivity index (χ0n) is 18.9. The summed E-state index contributed by atoms with van der Waals surface area (Å²) in [4.78, 5) is 12.1. The summed E-state index contributed by atoms with van der Waals surface area (Å²) in [6.45, 7) is 15.3. The molecule has 158 valence electrons. The number of fused-ring (bicyclic) bond motifs is 2. The first-order valence-electron chi connectivity index (χ1n) is 10.6. The van der Waals surface area contributed by atoms with Crippen LogP contribution in [0, 0.1) is 17.3 Å². The van der Waals surface area contributed by atoms with Crippen LogP contribution in [0.3, 0.4) is 0 Å². The molecule has 2 fully saturated rings. The number of halogens is 1. The zero-order chi connectivity index (χ0) is 21.3. The lowest BCUT2D eigenvalue weighted by molar-refractivity contribution is 0.0732. The van der Waals surface area contributed by atoms with Crippen LogP contribution in [0.4, 0.5) is 0 Å². The lowest BCUT2D eigenvalue weighted by Gasteiger charge is -2.47. The number of carbonyl (C=O) groups excluding carboxylic acids is 1. The molecule has 28 heavy (non-hydrogen) atoms. The highest BCUT2D eigenvalue weighted by atomic mass is 35.5. The molecular formula is C24H39ClN2O. The minimum atomic E-state index is -0.210. The predicted octanol–water partition coefficient (Wildman–Crippen LogP) is 5.72. The molecule has 2 unspecified atom stereocenters. The Hall–Kier alpha value is -0.900. The van der Waals surface area contributed by atoms with Crippen molar-refractivity contribution in [3.63, 3.8) is 0 Å². The SMILES string of the molecule is CC(NC(C)(C)C)C(=O)c1cccc(Cl)c1.CNC1(C)[C@H]2CC[C@H](C2)C1(C)C. The van der Waals surface area contributed by atoms with Gasteiger partial charge in [0.15, 0.2) is 5.78 Å². The molecular weight excluding hydrogens is 368 g/mol. The Labute approximate surface area is 177 Å². The summed E-state index contributed by atoms with van der Waals surface area (Å²) in [7, 11) is 2.13. The molecule has 0 aliphatic heterocycles. The fourth-order valence-corrected chi connectivity index (χ4v) is 5.43. The molecule has 3 nitrogen and oxygen atoms in total. The smallest absolute Gasteiger partial charge is 0.179 e. The van der Waals surface area contributed by atoms with Gasteiger partial charge in [0.05, 0.1) is 6.04 Å². The fourth-order valence-electron chi connectivity index (χ4n) is 5.24. The summed E-state index contributed by atoms with van der Waals surface area (Å²) in [5.74, 6) is 1.97. The second-order valence-electron chi connectivity index (χ2n) is 10.4. The maximum absolute atomic E-state index is 12.1. The molecule has 0 amide bonds. The quantitative estimate of drug-likeness (QED) is 0.628. The Morgan fingerprint density at radius 2 is 1.79 bits per heavy atom. The van der Waals surface area contributed by atoms with E-state index in [2.05, 4.69) is 38.5 Å². The molecule has 0 saturated heterocycles. The molecule has 1 aromatic rings. The van der Waals surface area contributed by atoms with Crippen molar-refractivity contribution >= 4 is 17.4 Å². The van der Waals surface area contributed by atoms with E-state index in [0.29, 0.717) is 21.5 Å². The standard InChI is InChI=1S/C13H18ClNO.C11H21N/c1-9(15-13(2,3)4)12(16)10-6-5-7-11(14)8-10;1-10(2)8-5-6-9(7-8)11(10,3)12-4/h5-9,15H,1-4H3;8-9,12H,5-7H2,1-4H3/t;8-,9+,11?/m.1/s1. The topological polar surface area (TPSA) is 41.1 Å². The average molecular weight is 407 g/mol. The highest BCUT2D eigenvalue weighted by Crippen LogP contribution is 2.60. The van der Waals surface area contributed by atoms with Crippen LogP contribution in [-0.4, -0.2) is 30.0 Å². The lowest BCUT2D eigenvalue weighted by atomic mass is 9.64. The van der Waals surface area contributed by atoms with E-state index < -0.39 is 0 Å². The largest absolute Gasteiger partial charge is 0.314 e. The van der Waals surface area contributed by atoms with E-state index in [0.717, 1.165) is 11.8 Å². The Morgan fingerprint density at radius 3 is 2.21 bits per heavy atom. The molecule has 2 aliphatic rings. The number of hydrogen-bond acceptors (Lipinski definition) is 3. The molecule has 4 atom stereocenters. The molecule has 1 aromatic carbocycles. The van der Waals surface area contributed by atoms with E-state index in [1.807, 2.05) is 27.7 Å². The van der Waals surface area contributed by atoms with E-state index in [1.165, 1.54) is 19.3 Å². The first-order chi connectivity index (χ1) is 12.8. The number of nitrogens with one attached hydrogen (secondary N) is 2. The minimum Gasteiger partial charge on any atom is -0.314 e. The number of Topliss-reactive ketones (excluding diaryl/α,β-unsaturated/α-hetero) is 1. The summed E-state index contributed by atoms with van der Waals surface area (Å²) in [5, 5.41) is 7.40. The molecule has 0 radical (unpaired) electrons. The van der Waals surface area contributed by atoms with E-state index in [4.69, 9.17) is 11.6 Å². The monoisotopic (exact) mass is 406 g/mol. The first kappa shape index (κ1) is 23.4. The predicted molar refractivity (Wildman–Crippen MR) is 120 cm³/mol. The lowest BCUT2D eigenvalue weighted by Crippen LogP contribution is -2.55. The van der Waals surface area contributed by atoms with Crippen molar-refractivity contribution in [1.82, 2.24) is 10.6 Å². The van der Waals surface area contributed by atoms with Gasteiger partial charge in [-0.15, -0.1) is 0 Å². The molecule has 2 N–H and O–H groups in total. The van der Waals surface area contributed by atoms with Crippen molar-refractivity contribution in [2.45, 2.75) is 84.8 Å². The Bertz CT molecular complexity index is 694. The molecule has 3 rings (SSSR count). The number of hydrogen-bond donors (Lipinski definition) is 2. The third-order valence-corrected chi connectivity index (χ3v) is 7.51. The van der Waals surface area contributed by atoms with E-state index in [-0.39, 0.29) is 17.4 Å². The average Bonchev–Trinajstić information content (AvgIpc) is 3.15. The summed E-state index contributed by atoms with van der Waals surface area (Å²) >= 11 is 5.85. The number of ketones is 1. The normalized spacial score (nSPS) is 29.2. The van der Waals surface area contributed by atoms with E-state index in [1.54, 1.807) is 24.3 Å². The molecule has 4 heteroatoms. The number of carbonyl (C=O) groups is 1. The van der Waals surface area contributed by atoms with Crippen LogP contribution in [0.1, 0.15) is 78.1 Å². The van der Waals surface area contributed by atoms with Gasteiger partial charge < -0.3 is 10.6 Å². The Morgan fingerprint density at radius 1 is 1.18 bits per heavy atom. The first-order valence-corrected chi connectivity index (χ1v) is 11.0. The third kappa shape index (κ3) is 4.80. The van der Waals surface area contributed by atoms with Gasteiger partial charge in [-0.05, 0) is 90.3 Å². The maximum Gasteiger partial charge on any atom is 0.179 e. The maximum atomic E-state index is 12.1. The summed E-state index contributed by atoms with van der Waals surface area (Å²) in [6, 6.07) is 6.83. The minimum absolute atomic E-state index is 0.0671. The fraction of sp³-hybridized carbons (Fsp3) is 0.708. The van der Waals surface area contributed by atoms with Crippen LogP contribution in [-0.2, 0) is 0 Å². The highest BCUT2D eigenvalue weighted by molar-refractivity contribution is 6.31. The summed E-state index contributed by atoms with van der Waals surface area (Å²) in [5.41, 5.74) is 1.48. The van der Waals surface area contributed by atoms with Gasteiger partial charge in [-0.2, -0.15) is 0 Å². The van der Waals surface area contributed by atoms with E-state index in [9.17, 15) is 4.79 Å². The Balaban J connectivity index is 0.000000207. The van der Waals surface area contributed by atoms with Crippen molar-refractivity contribution in [2.75, 3.05) is 7.05 Å². The van der Waals surface area contributed by atoms with Crippen LogP contribution in [0.25, 0.3) is 0 Å². The van der Waals surface area contributed by atoms with Gasteiger partial charge in [-0.25, -0.2) is 0 Å². The van der Waals surface area contributed by atoms with Crippen LogP contribution in [0.2, 0.25) is 5.02 Å². The summed E-state index contributed by atoms with van der Waals surface area (Å²) < 4.78 is 0. The van der Waals surface area contributed by atoms with Gasteiger partial charge in [0, 0.05) is 21.7 Å². The van der Waals surface area contributed by atoms with Gasteiger partial charge in [-0.1, -0.05) is 37.6 Å². The van der Waals surface area contributed by atoms with Crippen molar-refractivity contribution in [1.29, 1.82) is 0 Å². The van der Waals surface area contributed by atoms with Crippen LogP contribution >= 0.6 is 11.6 Å². The second kappa shape index (κ2) is 8.45. The van der Waals surface area contributed by atoms with Gasteiger partial charge in [0.25, 0.3) is 0 Å². The van der Waals surface area contributed by atoms with Crippen molar-refractivity contribution in [2.24, 2.45) is 17.3 Å². The van der Waals surface area contributed by atoms with Crippen molar-refractivity contribution in [3.05, 3.63) is 34.9 Å². The highest BCUT2D eigenvalue weighted by Gasteiger charge is 2.59. The number of benzene rings is 1. The molecule has 2 bridgehead atoms. The van der Waals surface area contributed by atoms with Crippen LogP contribution < -0.4 is 10.6 Å². The summed E-state index contributed by atoms with van der Waals surface area (Å²) in [6.07, 6.45) is 4.38. The van der Waals surface area contributed by atoms with Crippen LogP contribution in [0.15, 0.2) is 24.3 Å². The van der Waals surface area contributed by atoms with Gasteiger partial charge in [0.2, 0.25) is 0 Å². The molecule has 0 heterocycles. The van der Waals surface area contributed by atoms with Gasteiger partial charge >= 0.3 is 0 Å². The zero-order valence-corrected chi connectivity index (χ0v) is 19.7.